The van der Waals surface area contributed by atoms with E-state index in [1.165, 1.54) is 12.0 Å². The summed E-state index contributed by atoms with van der Waals surface area (Å²) in [5, 5.41) is 7.52. The minimum absolute atomic E-state index is 0.743. The summed E-state index contributed by atoms with van der Waals surface area (Å²) in [5.41, 5.74) is 2.09. The Kier molecular flexibility index (Phi) is 3.48. The molecule has 16 heavy (non-hydrogen) atoms. The van der Waals surface area contributed by atoms with Crippen molar-refractivity contribution in [1.29, 1.82) is 0 Å². The standard InChI is InChI=1S/C11H15N5/c1-2-5-16-11(3-4-15-16)8-14-10-6-12-9-13-7-10/h3-4,6-7,9,14H,2,5,8H2,1H3. The van der Waals surface area contributed by atoms with Gasteiger partial charge in [0.1, 0.15) is 6.33 Å². The third-order valence-corrected chi connectivity index (χ3v) is 2.27. The zero-order chi connectivity index (χ0) is 11.2. The van der Waals surface area contributed by atoms with Gasteiger partial charge in [-0.3, -0.25) is 4.68 Å². The summed E-state index contributed by atoms with van der Waals surface area (Å²) in [4.78, 5) is 7.89. The smallest absolute Gasteiger partial charge is 0.115 e. The van der Waals surface area contributed by atoms with Gasteiger partial charge in [0.2, 0.25) is 0 Å². The molecule has 84 valence electrons. The third-order valence-electron chi connectivity index (χ3n) is 2.27. The van der Waals surface area contributed by atoms with Crippen molar-refractivity contribution in [2.45, 2.75) is 26.4 Å². The minimum Gasteiger partial charge on any atom is -0.377 e. The largest absolute Gasteiger partial charge is 0.377 e. The molecule has 0 aromatic carbocycles. The molecule has 5 nitrogen and oxygen atoms in total. The van der Waals surface area contributed by atoms with E-state index in [0.717, 1.165) is 25.2 Å². The molecular formula is C11H15N5. The molecule has 0 spiro atoms. The number of aryl methyl sites for hydroxylation is 1. The van der Waals surface area contributed by atoms with Gasteiger partial charge in [0.05, 0.1) is 30.3 Å². The molecule has 0 saturated carbocycles. The SMILES string of the molecule is CCCn1nccc1CNc1cncnc1. The van der Waals surface area contributed by atoms with Gasteiger partial charge < -0.3 is 5.32 Å². The Balaban J connectivity index is 1.97. The molecule has 0 aliphatic heterocycles. The minimum atomic E-state index is 0.743. The monoisotopic (exact) mass is 217 g/mol. The number of anilines is 1. The molecule has 0 saturated heterocycles. The normalized spacial score (nSPS) is 10.3. The average Bonchev–Trinajstić information content (AvgIpc) is 2.76. The van der Waals surface area contributed by atoms with Gasteiger partial charge in [0.25, 0.3) is 0 Å². The summed E-state index contributed by atoms with van der Waals surface area (Å²) in [6.45, 7) is 3.84. The van der Waals surface area contributed by atoms with Crippen LogP contribution in [0, 0.1) is 0 Å². The molecule has 2 heterocycles. The highest BCUT2D eigenvalue weighted by atomic mass is 15.3. The summed E-state index contributed by atoms with van der Waals surface area (Å²) in [7, 11) is 0. The molecule has 2 rings (SSSR count). The van der Waals surface area contributed by atoms with Gasteiger partial charge >= 0.3 is 0 Å². The second kappa shape index (κ2) is 5.25. The summed E-state index contributed by atoms with van der Waals surface area (Å²) in [6.07, 6.45) is 7.95. The van der Waals surface area contributed by atoms with Crippen molar-refractivity contribution >= 4 is 5.69 Å². The molecule has 2 aromatic heterocycles. The lowest BCUT2D eigenvalue weighted by Gasteiger charge is -2.07. The van der Waals surface area contributed by atoms with Crippen molar-refractivity contribution in [3.63, 3.8) is 0 Å². The van der Waals surface area contributed by atoms with Gasteiger partial charge in [-0.2, -0.15) is 5.10 Å². The van der Waals surface area contributed by atoms with Crippen molar-refractivity contribution in [2.24, 2.45) is 0 Å². The number of hydrogen-bond donors (Lipinski definition) is 1. The van der Waals surface area contributed by atoms with Gasteiger partial charge in [-0.15, -0.1) is 0 Å². The highest BCUT2D eigenvalue weighted by molar-refractivity contribution is 5.37. The van der Waals surface area contributed by atoms with E-state index in [0.29, 0.717) is 0 Å². The molecule has 0 fully saturated rings. The maximum absolute atomic E-state index is 4.26. The number of hydrogen-bond acceptors (Lipinski definition) is 4. The Labute approximate surface area is 94.5 Å². The molecule has 0 radical (unpaired) electrons. The fraction of sp³-hybridized carbons (Fsp3) is 0.364. The molecule has 5 heteroatoms. The molecule has 0 unspecified atom stereocenters. The summed E-state index contributed by atoms with van der Waals surface area (Å²) >= 11 is 0. The van der Waals surface area contributed by atoms with E-state index < -0.39 is 0 Å². The van der Waals surface area contributed by atoms with E-state index in [4.69, 9.17) is 0 Å². The molecule has 0 atom stereocenters. The summed E-state index contributed by atoms with van der Waals surface area (Å²) < 4.78 is 2.01. The third kappa shape index (κ3) is 2.56. The second-order valence-electron chi connectivity index (χ2n) is 3.53. The van der Waals surface area contributed by atoms with Crippen LogP contribution in [-0.4, -0.2) is 19.7 Å². The highest BCUT2D eigenvalue weighted by Crippen LogP contribution is 2.06. The summed E-state index contributed by atoms with van der Waals surface area (Å²) in [6, 6.07) is 2.02. The van der Waals surface area contributed by atoms with E-state index in [1.807, 2.05) is 16.9 Å². The topological polar surface area (TPSA) is 55.6 Å². The number of nitrogens with one attached hydrogen (secondary N) is 1. The molecule has 2 aromatic rings. The zero-order valence-electron chi connectivity index (χ0n) is 9.30. The van der Waals surface area contributed by atoms with Crippen LogP contribution in [0.2, 0.25) is 0 Å². The van der Waals surface area contributed by atoms with Crippen molar-refractivity contribution in [3.8, 4) is 0 Å². The Morgan fingerprint density at radius 3 is 2.88 bits per heavy atom. The van der Waals surface area contributed by atoms with Crippen LogP contribution in [0.25, 0.3) is 0 Å². The first-order valence-corrected chi connectivity index (χ1v) is 5.39. The van der Waals surface area contributed by atoms with Crippen LogP contribution in [0.5, 0.6) is 0 Å². The van der Waals surface area contributed by atoms with E-state index in [-0.39, 0.29) is 0 Å². The second-order valence-corrected chi connectivity index (χ2v) is 3.53. The van der Waals surface area contributed by atoms with Crippen molar-refractivity contribution in [1.82, 2.24) is 19.7 Å². The fourth-order valence-electron chi connectivity index (χ4n) is 1.51. The zero-order valence-corrected chi connectivity index (χ0v) is 9.30. The number of nitrogens with zero attached hydrogens (tertiary/aromatic N) is 4. The van der Waals surface area contributed by atoms with Gasteiger partial charge in [-0.25, -0.2) is 9.97 Å². The number of aromatic nitrogens is 4. The van der Waals surface area contributed by atoms with E-state index in [9.17, 15) is 0 Å². The predicted molar refractivity (Wildman–Crippen MR) is 61.9 cm³/mol. The van der Waals surface area contributed by atoms with Crippen LogP contribution in [0.15, 0.2) is 31.0 Å². The average molecular weight is 217 g/mol. The maximum atomic E-state index is 4.26. The molecular weight excluding hydrogens is 202 g/mol. The van der Waals surface area contributed by atoms with Gasteiger partial charge in [0.15, 0.2) is 0 Å². The molecule has 0 bridgehead atoms. The lowest BCUT2D eigenvalue weighted by molar-refractivity contribution is 0.578. The Morgan fingerprint density at radius 2 is 2.12 bits per heavy atom. The number of rotatable bonds is 5. The molecule has 1 N–H and O–H groups in total. The summed E-state index contributed by atoms with van der Waals surface area (Å²) in [5.74, 6) is 0. The van der Waals surface area contributed by atoms with Crippen molar-refractivity contribution < 1.29 is 0 Å². The quantitative estimate of drug-likeness (QED) is 0.828. The van der Waals surface area contributed by atoms with Crippen LogP contribution < -0.4 is 5.32 Å². The van der Waals surface area contributed by atoms with E-state index >= 15 is 0 Å². The van der Waals surface area contributed by atoms with Gasteiger partial charge in [0, 0.05) is 12.7 Å². The maximum Gasteiger partial charge on any atom is 0.115 e. The predicted octanol–water partition coefficient (Wildman–Crippen LogP) is 1.70. The lowest BCUT2D eigenvalue weighted by Crippen LogP contribution is -2.09. The fourth-order valence-corrected chi connectivity index (χ4v) is 1.51. The molecule has 0 aliphatic carbocycles. The Hall–Kier alpha value is -1.91. The van der Waals surface area contributed by atoms with Crippen molar-refractivity contribution in [3.05, 3.63) is 36.7 Å². The van der Waals surface area contributed by atoms with Crippen LogP contribution in [0.4, 0.5) is 5.69 Å². The van der Waals surface area contributed by atoms with Gasteiger partial charge in [-0.1, -0.05) is 6.92 Å². The Morgan fingerprint density at radius 1 is 1.31 bits per heavy atom. The highest BCUT2D eigenvalue weighted by Gasteiger charge is 2.01. The van der Waals surface area contributed by atoms with Crippen LogP contribution in [0.3, 0.4) is 0 Å². The molecule has 0 amide bonds. The lowest BCUT2D eigenvalue weighted by atomic mass is 10.4. The first-order valence-electron chi connectivity index (χ1n) is 5.39. The van der Waals surface area contributed by atoms with Crippen molar-refractivity contribution in [2.75, 3.05) is 5.32 Å². The molecule has 0 aliphatic rings. The van der Waals surface area contributed by atoms with Gasteiger partial charge in [-0.05, 0) is 12.5 Å². The van der Waals surface area contributed by atoms with Crippen LogP contribution in [-0.2, 0) is 13.1 Å². The first kappa shape index (κ1) is 10.6. The van der Waals surface area contributed by atoms with Crippen LogP contribution in [0.1, 0.15) is 19.0 Å². The Bertz CT molecular complexity index is 423. The van der Waals surface area contributed by atoms with Crippen LogP contribution >= 0.6 is 0 Å². The first-order chi connectivity index (χ1) is 7.90. The van der Waals surface area contributed by atoms with E-state index in [1.54, 1.807) is 12.4 Å². The van der Waals surface area contributed by atoms with E-state index in [2.05, 4.69) is 27.3 Å².